The lowest BCUT2D eigenvalue weighted by atomic mass is 10.0. The van der Waals surface area contributed by atoms with Gasteiger partial charge >= 0.3 is 0 Å². The molecule has 3 aromatic rings. The number of ether oxygens (including phenoxy) is 1. The molecule has 2 aromatic heterocycles. The van der Waals surface area contributed by atoms with Crippen LogP contribution in [0.1, 0.15) is 38.6 Å². The summed E-state index contributed by atoms with van der Waals surface area (Å²) in [6.45, 7) is 3.61. The predicted molar refractivity (Wildman–Crippen MR) is 90.4 cm³/mol. The second-order valence-corrected chi connectivity index (χ2v) is 6.17. The smallest absolute Gasteiger partial charge is 0.262 e. The molecule has 0 aliphatic rings. The number of hydrogen-bond acceptors (Lipinski definition) is 6. The maximum Gasteiger partial charge on any atom is 0.262 e. The topological polar surface area (TPSA) is 77.2 Å². The summed E-state index contributed by atoms with van der Waals surface area (Å²) in [7, 11) is 1.59. The monoisotopic (exact) mass is 343 g/mol. The van der Waals surface area contributed by atoms with Gasteiger partial charge in [0.05, 0.1) is 12.0 Å². The summed E-state index contributed by atoms with van der Waals surface area (Å²) >= 11 is 1.40. The van der Waals surface area contributed by atoms with Crippen LogP contribution < -0.4 is 10.1 Å². The first kappa shape index (κ1) is 16.2. The minimum Gasteiger partial charge on any atom is -0.496 e. The Balaban J connectivity index is 2.00. The van der Waals surface area contributed by atoms with E-state index in [1.54, 1.807) is 14.0 Å². The van der Waals surface area contributed by atoms with Crippen LogP contribution in [-0.4, -0.2) is 23.2 Å². The van der Waals surface area contributed by atoms with Gasteiger partial charge in [0.25, 0.3) is 5.91 Å². The molecule has 2 heterocycles. The van der Waals surface area contributed by atoms with E-state index in [2.05, 4.69) is 15.5 Å². The van der Waals surface area contributed by atoms with Gasteiger partial charge in [-0.1, -0.05) is 23.4 Å². The SMILES string of the molecule is COc1ccccc1[C@H](NC(=O)c1sccc1C)c1noc(C)n1. The van der Waals surface area contributed by atoms with Crippen LogP contribution in [-0.2, 0) is 0 Å². The van der Waals surface area contributed by atoms with Crippen molar-refractivity contribution in [1.29, 1.82) is 0 Å². The van der Waals surface area contributed by atoms with Crippen LogP contribution in [0.5, 0.6) is 5.75 Å². The minimum absolute atomic E-state index is 0.180. The van der Waals surface area contributed by atoms with Gasteiger partial charge in [-0.15, -0.1) is 11.3 Å². The number of rotatable bonds is 5. The van der Waals surface area contributed by atoms with Gasteiger partial charge in [-0.05, 0) is 30.0 Å². The highest BCUT2D eigenvalue weighted by molar-refractivity contribution is 7.12. The lowest BCUT2D eigenvalue weighted by Gasteiger charge is -2.18. The fourth-order valence-electron chi connectivity index (χ4n) is 2.42. The summed E-state index contributed by atoms with van der Waals surface area (Å²) in [6.07, 6.45) is 0. The van der Waals surface area contributed by atoms with Crippen LogP contribution in [0.4, 0.5) is 0 Å². The van der Waals surface area contributed by atoms with E-state index in [0.717, 1.165) is 11.1 Å². The van der Waals surface area contributed by atoms with Crippen molar-refractivity contribution in [1.82, 2.24) is 15.5 Å². The fourth-order valence-corrected chi connectivity index (χ4v) is 3.25. The van der Waals surface area contributed by atoms with E-state index in [9.17, 15) is 4.79 Å². The number of carbonyl (C=O) groups is 1. The highest BCUT2D eigenvalue weighted by Crippen LogP contribution is 2.29. The molecule has 124 valence electrons. The molecule has 0 fully saturated rings. The number of methoxy groups -OCH3 is 1. The Bertz CT molecular complexity index is 856. The van der Waals surface area contributed by atoms with Gasteiger partial charge in [0.1, 0.15) is 11.8 Å². The third-order valence-corrected chi connectivity index (χ3v) is 4.61. The number of thiophene rings is 1. The maximum atomic E-state index is 12.7. The number of amides is 1. The van der Waals surface area contributed by atoms with Crippen molar-refractivity contribution in [2.24, 2.45) is 0 Å². The maximum absolute atomic E-state index is 12.7. The Morgan fingerprint density at radius 1 is 1.29 bits per heavy atom. The summed E-state index contributed by atoms with van der Waals surface area (Å²) in [5.74, 6) is 1.29. The second-order valence-electron chi connectivity index (χ2n) is 5.25. The van der Waals surface area contributed by atoms with E-state index < -0.39 is 6.04 Å². The number of nitrogens with zero attached hydrogens (tertiary/aromatic N) is 2. The highest BCUT2D eigenvalue weighted by Gasteiger charge is 2.26. The van der Waals surface area contributed by atoms with Crippen LogP contribution in [0.3, 0.4) is 0 Å². The van der Waals surface area contributed by atoms with Crippen molar-refractivity contribution in [3.05, 3.63) is 63.4 Å². The molecule has 1 amide bonds. The van der Waals surface area contributed by atoms with E-state index in [4.69, 9.17) is 9.26 Å². The molecule has 0 aliphatic heterocycles. The summed E-state index contributed by atoms with van der Waals surface area (Å²) in [4.78, 5) is 17.6. The Morgan fingerprint density at radius 3 is 2.71 bits per heavy atom. The Morgan fingerprint density at radius 2 is 2.08 bits per heavy atom. The van der Waals surface area contributed by atoms with E-state index in [1.807, 2.05) is 42.6 Å². The number of benzene rings is 1. The molecule has 7 heteroatoms. The van der Waals surface area contributed by atoms with E-state index in [1.165, 1.54) is 11.3 Å². The van der Waals surface area contributed by atoms with Gasteiger partial charge in [-0.3, -0.25) is 4.79 Å². The van der Waals surface area contributed by atoms with E-state index >= 15 is 0 Å². The molecule has 0 saturated heterocycles. The summed E-state index contributed by atoms with van der Waals surface area (Å²) in [6, 6.07) is 8.80. The van der Waals surface area contributed by atoms with Crippen LogP contribution in [0.2, 0.25) is 0 Å². The van der Waals surface area contributed by atoms with Gasteiger partial charge in [-0.25, -0.2) is 0 Å². The molecule has 0 aliphatic carbocycles. The normalized spacial score (nSPS) is 12.0. The standard InChI is InChI=1S/C17H17N3O3S/c1-10-8-9-24-15(10)17(21)19-14(16-18-11(2)23-20-16)12-6-4-5-7-13(12)22-3/h4-9,14H,1-3H3,(H,19,21)/t14-/m0/s1. The molecule has 1 N–H and O–H groups in total. The minimum atomic E-state index is -0.562. The zero-order chi connectivity index (χ0) is 17.1. The molecule has 6 nitrogen and oxygen atoms in total. The number of hydrogen-bond donors (Lipinski definition) is 1. The number of carbonyl (C=O) groups excluding carboxylic acids is 1. The van der Waals surface area contributed by atoms with Crippen LogP contribution in [0, 0.1) is 13.8 Å². The van der Waals surface area contributed by atoms with Gasteiger partial charge in [0, 0.05) is 12.5 Å². The van der Waals surface area contributed by atoms with Crippen molar-refractivity contribution in [2.75, 3.05) is 7.11 Å². The van der Waals surface area contributed by atoms with Crippen molar-refractivity contribution in [3.63, 3.8) is 0 Å². The summed E-state index contributed by atoms with van der Waals surface area (Å²) in [5, 5.41) is 8.85. The van der Waals surface area contributed by atoms with Gasteiger partial charge in [-0.2, -0.15) is 4.98 Å². The molecule has 3 rings (SSSR count). The molecular formula is C17H17N3O3S. The number of nitrogens with one attached hydrogen (secondary N) is 1. The highest BCUT2D eigenvalue weighted by atomic mass is 32.1. The quantitative estimate of drug-likeness (QED) is 0.769. The Kier molecular flexibility index (Phi) is 4.61. The number of aryl methyl sites for hydroxylation is 2. The number of aromatic nitrogens is 2. The van der Waals surface area contributed by atoms with E-state index in [-0.39, 0.29) is 5.91 Å². The molecule has 0 saturated carbocycles. The van der Waals surface area contributed by atoms with Gasteiger partial charge < -0.3 is 14.6 Å². The summed E-state index contributed by atoms with van der Waals surface area (Å²) in [5.41, 5.74) is 1.70. The predicted octanol–water partition coefficient (Wildman–Crippen LogP) is 3.28. The number of para-hydroxylation sites is 1. The van der Waals surface area contributed by atoms with Crippen LogP contribution in [0.25, 0.3) is 0 Å². The van der Waals surface area contributed by atoms with Crippen molar-refractivity contribution >= 4 is 17.2 Å². The van der Waals surface area contributed by atoms with Crippen LogP contribution >= 0.6 is 11.3 Å². The van der Waals surface area contributed by atoms with Gasteiger partial charge in [0.2, 0.25) is 5.89 Å². The first-order valence-corrected chi connectivity index (χ1v) is 8.26. The third-order valence-electron chi connectivity index (χ3n) is 3.60. The Hall–Kier alpha value is -2.67. The molecule has 0 radical (unpaired) electrons. The molecule has 1 atom stereocenters. The molecular weight excluding hydrogens is 326 g/mol. The lowest BCUT2D eigenvalue weighted by molar-refractivity contribution is 0.0944. The molecule has 1 aromatic carbocycles. The zero-order valence-electron chi connectivity index (χ0n) is 13.6. The average molecular weight is 343 g/mol. The molecule has 0 unspecified atom stereocenters. The van der Waals surface area contributed by atoms with Crippen molar-refractivity contribution < 1.29 is 14.1 Å². The third kappa shape index (κ3) is 3.16. The summed E-state index contributed by atoms with van der Waals surface area (Å²) < 4.78 is 10.5. The second kappa shape index (κ2) is 6.84. The molecule has 0 bridgehead atoms. The average Bonchev–Trinajstić information content (AvgIpc) is 3.21. The lowest BCUT2D eigenvalue weighted by Crippen LogP contribution is -2.30. The first-order valence-electron chi connectivity index (χ1n) is 7.38. The Labute approximate surface area is 143 Å². The molecule has 0 spiro atoms. The van der Waals surface area contributed by atoms with Crippen molar-refractivity contribution in [2.45, 2.75) is 19.9 Å². The van der Waals surface area contributed by atoms with Crippen LogP contribution in [0.15, 0.2) is 40.2 Å². The van der Waals surface area contributed by atoms with Crippen molar-refractivity contribution in [3.8, 4) is 5.75 Å². The molecule has 24 heavy (non-hydrogen) atoms. The zero-order valence-corrected chi connectivity index (χ0v) is 14.4. The van der Waals surface area contributed by atoms with E-state index in [0.29, 0.717) is 22.3 Å². The largest absolute Gasteiger partial charge is 0.496 e. The van der Waals surface area contributed by atoms with Gasteiger partial charge in [0.15, 0.2) is 5.82 Å². The first-order chi connectivity index (χ1) is 11.6. The fraction of sp³-hybridized carbons (Fsp3) is 0.235.